The Balaban J connectivity index is 1.27. The van der Waals surface area contributed by atoms with Crippen LogP contribution in [-0.2, 0) is 17.7 Å². The van der Waals surface area contributed by atoms with Crippen molar-refractivity contribution in [2.75, 3.05) is 51.9 Å². The number of hydrogen-bond donors (Lipinski definition) is 1. The molecule has 2 aliphatic heterocycles. The lowest BCUT2D eigenvalue weighted by Crippen LogP contribution is -2.40. The molecule has 2 aromatic carbocycles. The van der Waals surface area contributed by atoms with Crippen molar-refractivity contribution in [1.29, 1.82) is 0 Å². The maximum atomic E-state index is 6.05. The third-order valence-electron chi connectivity index (χ3n) is 6.23. The summed E-state index contributed by atoms with van der Waals surface area (Å²) < 4.78 is 11.5. The van der Waals surface area contributed by atoms with E-state index in [2.05, 4.69) is 69.6 Å². The van der Waals surface area contributed by atoms with E-state index >= 15 is 0 Å². The van der Waals surface area contributed by atoms with Gasteiger partial charge in [-0.15, -0.1) is 0 Å². The molecule has 0 aromatic heterocycles. The zero-order valence-corrected chi connectivity index (χ0v) is 18.7. The zero-order chi connectivity index (χ0) is 21.5. The molecule has 4 rings (SSSR count). The number of benzene rings is 2. The molecular formula is C25H34N4O2. The number of hydrogen-bond acceptors (Lipinski definition) is 4. The number of aliphatic imine (C=N–C) groups is 1. The molecular weight excluding hydrogens is 388 g/mol. The lowest BCUT2D eigenvalue weighted by molar-refractivity contribution is 0.0392. The van der Waals surface area contributed by atoms with E-state index in [9.17, 15) is 0 Å². The molecule has 1 fully saturated rings. The van der Waals surface area contributed by atoms with E-state index in [-0.39, 0.29) is 0 Å². The van der Waals surface area contributed by atoms with Crippen LogP contribution in [0.25, 0.3) is 0 Å². The Labute approximate surface area is 185 Å². The first kappa shape index (κ1) is 21.7. The molecule has 0 bridgehead atoms. The van der Waals surface area contributed by atoms with Crippen molar-refractivity contribution in [2.24, 2.45) is 4.99 Å². The number of nitrogens with zero attached hydrogens (tertiary/aromatic N) is 3. The standard InChI is InChI=1S/C25H34N4O2/c1-26-25(29-13-10-21-7-3-4-9-24(21)29)27-19-20-6-5-8-23(18-20)31-17-14-28(2)22-11-15-30-16-12-22/h3-9,18,22H,10-17,19H2,1-2H3,(H,26,27). The predicted molar refractivity (Wildman–Crippen MR) is 126 cm³/mol. The van der Waals surface area contributed by atoms with Crippen molar-refractivity contribution in [2.45, 2.75) is 31.8 Å². The Hall–Kier alpha value is -2.57. The molecule has 166 valence electrons. The van der Waals surface area contributed by atoms with Gasteiger partial charge < -0.3 is 19.7 Å². The number of fused-ring (bicyclic) bond motifs is 1. The van der Waals surface area contributed by atoms with Crippen molar-refractivity contribution < 1.29 is 9.47 Å². The van der Waals surface area contributed by atoms with Crippen molar-refractivity contribution >= 4 is 11.6 Å². The van der Waals surface area contributed by atoms with Crippen LogP contribution in [0.15, 0.2) is 53.5 Å². The minimum Gasteiger partial charge on any atom is -0.492 e. The third-order valence-corrected chi connectivity index (χ3v) is 6.23. The van der Waals surface area contributed by atoms with Gasteiger partial charge in [-0.05, 0) is 55.6 Å². The SMILES string of the molecule is CN=C(NCc1cccc(OCCN(C)C2CCOCC2)c1)N1CCc2ccccc21. The van der Waals surface area contributed by atoms with Gasteiger partial charge in [-0.2, -0.15) is 0 Å². The van der Waals surface area contributed by atoms with E-state index in [0.29, 0.717) is 19.2 Å². The highest BCUT2D eigenvalue weighted by Gasteiger charge is 2.22. The zero-order valence-electron chi connectivity index (χ0n) is 18.7. The number of ether oxygens (including phenoxy) is 2. The van der Waals surface area contributed by atoms with Gasteiger partial charge in [0.2, 0.25) is 0 Å². The second-order valence-electron chi connectivity index (χ2n) is 8.25. The molecule has 6 nitrogen and oxygen atoms in total. The first-order chi connectivity index (χ1) is 15.2. The van der Waals surface area contributed by atoms with E-state index in [1.165, 1.54) is 16.8 Å². The van der Waals surface area contributed by atoms with Crippen molar-refractivity contribution in [3.05, 3.63) is 59.7 Å². The van der Waals surface area contributed by atoms with Crippen LogP contribution in [0.2, 0.25) is 0 Å². The lowest BCUT2D eigenvalue weighted by Gasteiger charge is -2.31. The van der Waals surface area contributed by atoms with E-state index in [1.807, 2.05) is 13.1 Å². The smallest absolute Gasteiger partial charge is 0.198 e. The van der Waals surface area contributed by atoms with Crippen LogP contribution >= 0.6 is 0 Å². The lowest BCUT2D eigenvalue weighted by atomic mass is 10.1. The van der Waals surface area contributed by atoms with Gasteiger partial charge in [0.05, 0.1) is 0 Å². The van der Waals surface area contributed by atoms with Crippen LogP contribution in [0.1, 0.15) is 24.0 Å². The minimum atomic E-state index is 0.607. The molecule has 1 saturated heterocycles. The quantitative estimate of drug-likeness (QED) is 0.548. The Morgan fingerprint density at radius 1 is 1.19 bits per heavy atom. The highest BCUT2D eigenvalue weighted by Crippen LogP contribution is 2.27. The molecule has 6 heteroatoms. The van der Waals surface area contributed by atoms with Gasteiger partial charge in [-0.3, -0.25) is 9.89 Å². The van der Waals surface area contributed by atoms with E-state index in [1.54, 1.807) is 0 Å². The van der Waals surface area contributed by atoms with Crippen LogP contribution in [0.3, 0.4) is 0 Å². The second-order valence-corrected chi connectivity index (χ2v) is 8.25. The molecule has 0 atom stereocenters. The summed E-state index contributed by atoms with van der Waals surface area (Å²) in [5.74, 6) is 1.83. The molecule has 2 heterocycles. The summed E-state index contributed by atoms with van der Waals surface area (Å²) in [5.41, 5.74) is 3.82. The number of para-hydroxylation sites is 1. The normalized spacial score (nSPS) is 17.1. The fraction of sp³-hybridized carbons (Fsp3) is 0.480. The first-order valence-corrected chi connectivity index (χ1v) is 11.3. The van der Waals surface area contributed by atoms with Gasteiger partial charge in [0.1, 0.15) is 12.4 Å². The van der Waals surface area contributed by atoms with E-state index < -0.39 is 0 Å². The number of likely N-dealkylation sites (N-methyl/N-ethyl adjacent to an activating group) is 1. The summed E-state index contributed by atoms with van der Waals surface area (Å²) >= 11 is 0. The Morgan fingerprint density at radius 3 is 2.87 bits per heavy atom. The Kier molecular flexibility index (Phi) is 7.43. The Morgan fingerprint density at radius 2 is 2.03 bits per heavy atom. The van der Waals surface area contributed by atoms with E-state index in [4.69, 9.17) is 9.47 Å². The van der Waals surface area contributed by atoms with Gasteiger partial charge in [-0.1, -0.05) is 30.3 Å². The molecule has 0 unspecified atom stereocenters. The topological polar surface area (TPSA) is 49.3 Å². The van der Waals surface area contributed by atoms with Gasteiger partial charge in [0.25, 0.3) is 0 Å². The van der Waals surface area contributed by atoms with Crippen molar-refractivity contribution in [3.63, 3.8) is 0 Å². The van der Waals surface area contributed by atoms with Crippen molar-refractivity contribution in [1.82, 2.24) is 10.2 Å². The highest BCUT2D eigenvalue weighted by molar-refractivity contribution is 5.97. The fourth-order valence-electron chi connectivity index (χ4n) is 4.40. The van der Waals surface area contributed by atoms with Gasteiger partial charge in [0.15, 0.2) is 5.96 Å². The minimum absolute atomic E-state index is 0.607. The van der Waals surface area contributed by atoms with Crippen LogP contribution in [0.4, 0.5) is 5.69 Å². The molecule has 2 aliphatic rings. The largest absolute Gasteiger partial charge is 0.492 e. The highest BCUT2D eigenvalue weighted by atomic mass is 16.5. The van der Waals surface area contributed by atoms with E-state index in [0.717, 1.165) is 57.3 Å². The predicted octanol–water partition coefficient (Wildman–Crippen LogP) is 3.31. The number of rotatable bonds is 7. The van der Waals surface area contributed by atoms with Crippen molar-refractivity contribution in [3.8, 4) is 5.75 Å². The summed E-state index contributed by atoms with van der Waals surface area (Å²) in [5, 5.41) is 3.51. The number of nitrogens with one attached hydrogen (secondary N) is 1. The number of guanidine groups is 1. The molecule has 0 radical (unpaired) electrons. The summed E-state index contributed by atoms with van der Waals surface area (Å²) in [6.45, 7) is 5.03. The fourth-order valence-corrected chi connectivity index (χ4v) is 4.40. The molecule has 1 N–H and O–H groups in total. The van der Waals surface area contributed by atoms with Gasteiger partial charge >= 0.3 is 0 Å². The molecule has 31 heavy (non-hydrogen) atoms. The monoisotopic (exact) mass is 422 g/mol. The molecule has 0 aliphatic carbocycles. The molecule has 0 spiro atoms. The van der Waals surface area contributed by atoms with Crippen LogP contribution in [0.5, 0.6) is 5.75 Å². The van der Waals surface area contributed by atoms with Gasteiger partial charge in [-0.25, -0.2) is 0 Å². The average Bonchev–Trinajstić information content (AvgIpc) is 3.24. The van der Waals surface area contributed by atoms with Crippen LogP contribution < -0.4 is 15.0 Å². The average molecular weight is 423 g/mol. The maximum absolute atomic E-state index is 6.05. The molecule has 2 aromatic rings. The van der Waals surface area contributed by atoms with Crippen LogP contribution in [0, 0.1) is 0 Å². The maximum Gasteiger partial charge on any atom is 0.198 e. The summed E-state index contributed by atoms with van der Waals surface area (Å²) in [6.07, 6.45) is 3.28. The molecule has 0 amide bonds. The Bertz CT molecular complexity index is 879. The molecule has 0 saturated carbocycles. The third kappa shape index (κ3) is 5.57. The number of anilines is 1. The summed E-state index contributed by atoms with van der Waals surface area (Å²) in [7, 11) is 4.03. The first-order valence-electron chi connectivity index (χ1n) is 11.3. The summed E-state index contributed by atoms with van der Waals surface area (Å²) in [6, 6.07) is 17.5. The van der Waals surface area contributed by atoms with Crippen LogP contribution in [-0.4, -0.2) is 63.9 Å². The summed E-state index contributed by atoms with van der Waals surface area (Å²) in [4.78, 5) is 9.17. The van der Waals surface area contributed by atoms with Gasteiger partial charge in [0, 0.05) is 51.6 Å². The second kappa shape index (κ2) is 10.6.